The fourth-order valence-electron chi connectivity index (χ4n) is 3.81. The van der Waals surface area contributed by atoms with Crippen LogP contribution < -0.4 is 0 Å². The SMILES string of the molecule is CCCOCCCCCCN1C[C@H](O)[C@@H](OC(=O)CC)[C@H](OC(=O)CC)[C@H]1COCCC. The first-order valence-corrected chi connectivity index (χ1v) is 12.4. The van der Waals surface area contributed by atoms with Gasteiger partial charge in [0.1, 0.15) is 6.10 Å². The summed E-state index contributed by atoms with van der Waals surface area (Å²) in [6.45, 7) is 11.2. The number of unbranched alkanes of at least 4 members (excludes halogenated alkanes) is 3. The lowest BCUT2D eigenvalue weighted by Gasteiger charge is -2.46. The Morgan fingerprint density at radius 1 is 0.812 bits per heavy atom. The molecule has 188 valence electrons. The summed E-state index contributed by atoms with van der Waals surface area (Å²) in [5, 5.41) is 10.8. The molecule has 0 amide bonds. The van der Waals surface area contributed by atoms with Gasteiger partial charge >= 0.3 is 11.9 Å². The molecule has 1 fully saturated rings. The number of carbonyl (C=O) groups is 2. The van der Waals surface area contributed by atoms with Gasteiger partial charge in [0.2, 0.25) is 0 Å². The Balaban J connectivity index is 2.80. The van der Waals surface area contributed by atoms with Gasteiger partial charge in [-0.2, -0.15) is 0 Å². The first-order valence-electron chi connectivity index (χ1n) is 12.4. The number of β-amino-alcohol motifs (C(OH)–C–C–N with tert-alkyl or cyclic N) is 1. The maximum absolute atomic E-state index is 12.2. The maximum atomic E-state index is 12.2. The number of nitrogens with zero attached hydrogens (tertiary/aromatic N) is 1. The van der Waals surface area contributed by atoms with E-state index in [2.05, 4.69) is 11.8 Å². The topological polar surface area (TPSA) is 94.5 Å². The predicted molar refractivity (Wildman–Crippen MR) is 122 cm³/mol. The van der Waals surface area contributed by atoms with Gasteiger partial charge in [-0.15, -0.1) is 0 Å². The molecule has 32 heavy (non-hydrogen) atoms. The van der Waals surface area contributed by atoms with E-state index in [1.54, 1.807) is 13.8 Å². The van der Waals surface area contributed by atoms with Crippen LogP contribution in [0.2, 0.25) is 0 Å². The molecule has 0 radical (unpaired) electrons. The van der Waals surface area contributed by atoms with Gasteiger partial charge in [0.15, 0.2) is 12.2 Å². The highest BCUT2D eigenvalue weighted by molar-refractivity contribution is 5.70. The average molecular weight is 460 g/mol. The van der Waals surface area contributed by atoms with Crippen molar-refractivity contribution in [3.63, 3.8) is 0 Å². The molecule has 1 aliphatic heterocycles. The van der Waals surface area contributed by atoms with Crippen molar-refractivity contribution in [2.75, 3.05) is 39.5 Å². The molecule has 1 heterocycles. The Morgan fingerprint density at radius 2 is 1.41 bits per heavy atom. The monoisotopic (exact) mass is 459 g/mol. The van der Waals surface area contributed by atoms with Crippen LogP contribution in [0.1, 0.15) is 79.1 Å². The Kier molecular flexibility index (Phi) is 15.6. The summed E-state index contributed by atoms with van der Waals surface area (Å²) >= 11 is 0. The molecule has 0 bridgehead atoms. The van der Waals surface area contributed by atoms with E-state index in [1.807, 2.05) is 6.92 Å². The molecule has 0 aromatic heterocycles. The van der Waals surface area contributed by atoms with Crippen molar-refractivity contribution in [3.8, 4) is 0 Å². The van der Waals surface area contributed by atoms with Crippen molar-refractivity contribution >= 4 is 11.9 Å². The fourth-order valence-corrected chi connectivity index (χ4v) is 3.81. The normalized spacial score (nSPS) is 23.8. The second kappa shape index (κ2) is 17.3. The number of aliphatic hydroxyl groups is 1. The van der Waals surface area contributed by atoms with E-state index < -0.39 is 24.3 Å². The highest BCUT2D eigenvalue weighted by atomic mass is 16.6. The van der Waals surface area contributed by atoms with E-state index in [-0.39, 0.29) is 24.9 Å². The van der Waals surface area contributed by atoms with Crippen molar-refractivity contribution < 1.29 is 33.6 Å². The highest BCUT2D eigenvalue weighted by Crippen LogP contribution is 2.26. The van der Waals surface area contributed by atoms with E-state index in [9.17, 15) is 14.7 Å². The maximum Gasteiger partial charge on any atom is 0.306 e. The second-order valence-corrected chi connectivity index (χ2v) is 8.35. The van der Waals surface area contributed by atoms with E-state index in [0.29, 0.717) is 19.8 Å². The van der Waals surface area contributed by atoms with Gasteiger partial charge in [-0.25, -0.2) is 0 Å². The Bertz CT molecular complexity index is 517. The van der Waals surface area contributed by atoms with Gasteiger partial charge in [-0.3, -0.25) is 14.5 Å². The predicted octanol–water partition coefficient (Wildman–Crippen LogP) is 3.09. The third-order valence-corrected chi connectivity index (χ3v) is 5.55. The largest absolute Gasteiger partial charge is 0.457 e. The summed E-state index contributed by atoms with van der Waals surface area (Å²) in [5.74, 6) is -0.798. The summed E-state index contributed by atoms with van der Waals surface area (Å²) in [6, 6.07) is -0.275. The van der Waals surface area contributed by atoms with E-state index in [4.69, 9.17) is 18.9 Å². The summed E-state index contributed by atoms with van der Waals surface area (Å²) in [5.41, 5.74) is 0. The Labute approximate surface area is 193 Å². The van der Waals surface area contributed by atoms with Gasteiger partial charge in [-0.1, -0.05) is 40.5 Å². The van der Waals surface area contributed by atoms with Crippen LogP contribution in [-0.4, -0.2) is 85.8 Å². The van der Waals surface area contributed by atoms with E-state index >= 15 is 0 Å². The van der Waals surface area contributed by atoms with E-state index in [0.717, 1.165) is 58.3 Å². The zero-order valence-electron chi connectivity index (χ0n) is 20.6. The molecule has 8 heteroatoms. The fraction of sp³-hybridized carbons (Fsp3) is 0.917. The molecule has 0 unspecified atom stereocenters. The summed E-state index contributed by atoms with van der Waals surface area (Å²) in [6.07, 6.45) is 3.88. The first kappa shape index (κ1) is 28.8. The molecule has 4 atom stereocenters. The number of aliphatic hydroxyl groups excluding tert-OH is 1. The van der Waals surface area contributed by atoms with Crippen LogP contribution in [0, 0.1) is 0 Å². The van der Waals surface area contributed by atoms with Gasteiger partial charge in [0, 0.05) is 39.2 Å². The summed E-state index contributed by atoms with van der Waals surface area (Å²) < 4.78 is 22.6. The van der Waals surface area contributed by atoms with Crippen LogP contribution in [0.4, 0.5) is 0 Å². The molecule has 0 aromatic carbocycles. The minimum absolute atomic E-state index is 0.195. The van der Waals surface area contributed by atoms with Crippen molar-refractivity contribution in [2.45, 2.75) is 103 Å². The number of carbonyl (C=O) groups excluding carboxylic acids is 2. The molecule has 0 spiro atoms. The van der Waals surface area contributed by atoms with Crippen LogP contribution in [-0.2, 0) is 28.5 Å². The molecule has 1 aliphatic rings. The molecular formula is C24H45NO7. The van der Waals surface area contributed by atoms with E-state index in [1.165, 1.54) is 0 Å². The summed E-state index contributed by atoms with van der Waals surface area (Å²) in [7, 11) is 0. The van der Waals surface area contributed by atoms with Crippen molar-refractivity contribution in [1.82, 2.24) is 4.90 Å². The minimum atomic E-state index is -0.926. The zero-order chi connectivity index (χ0) is 23.8. The lowest BCUT2D eigenvalue weighted by Crippen LogP contribution is -2.65. The number of hydrogen-bond donors (Lipinski definition) is 1. The van der Waals surface area contributed by atoms with Crippen molar-refractivity contribution in [2.24, 2.45) is 0 Å². The highest BCUT2D eigenvalue weighted by Gasteiger charge is 2.47. The Hall–Kier alpha value is -1.22. The quantitative estimate of drug-likeness (QED) is 0.262. The number of rotatable bonds is 17. The zero-order valence-corrected chi connectivity index (χ0v) is 20.6. The van der Waals surface area contributed by atoms with Gasteiger partial charge < -0.3 is 24.1 Å². The standard InChI is InChI=1S/C24H45NO7/c1-5-14-29-16-12-10-9-11-13-25-17-20(26)24(32-22(28)8-4)23(31-21(27)7-3)19(25)18-30-15-6-2/h19-20,23-24,26H,5-18H2,1-4H3/t19-,20+,23-,24-/m1/s1. The van der Waals surface area contributed by atoms with Crippen molar-refractivity contribution in [1.29, 1.82) is 0 Å². The van der Waals surface area contributed by atoms with Crippen LogP contribution in [0.3, 0.4) is 0 Å². The average Bonchev–Trinajstić information content (AvgIpc) is 2.79. The Morgan fingerprint density at radius 3 is 2.03 bits per heavy atom. The summed E-state index contributed by atoms with van der Waals surface area (Å²) in [4.78, 5) is 26.3. The molecule has 1 rings (SSSR count). The molecule has 1 N–H and O–H groups in total. The number of ether oxygens (including phenoxy) is 4. The smallest absolute Gasteiger partial charge is 0.306 e. The molecule has 1 saturated heterocycles. The van der Waals surface area contributed by atoms with Crippen molar-refractivity contribution in [3.05, 3.63) is 0 Å². The van der Waals surface area contributed by atoms with Gasteiger partial charge in [0.25, 0.3) is 0 Å². The number of esters is 2. The number of piperidine rings is 1. The van der Waals surface area contributed by atoms with Crippen LogP contribution in [0.15, 0.2) is 0 Å². The van der Waals surface area contributed by atoms with Crippen LogP contribution in [0.5, 0.6) is 0 Å². The number of likely N-dealkylation sites (tertiary alicyclic amines) is 1. The number of hydrogen-bond acceptors (Lipinski definition) is 8. The molecule has 0 saturated carbocycles. The third-order valence-electron chi connectivity index (χ3n) is 5.55. The molecule has 8 nitrogen and oxygen atoms in total. The molecular weight excluding hydrogens is 414 g/mol. The molecule has 0 aromatic rings. The first-order chi connectivity index (χ1) is 15.5. The second-order valence-electron chi connectivity index (χ2n) is 8.35. The van der Waals surface area contributed by atoms with Crippen LogP contribution in [0.25, 0.3) is 0 Å². The minimum Gasteiger partial charge on any atom is -0.457 e. The van der Waals surface area contributed by atoms with Crippen LogP contribution >= 0.6 is 0 Å². The molecule has 0 aliphatic carbocycles. The third kappa shape index (κ3) is 10.6. The van der Waals surface area contributed by atoms with Gasteiger partial charge in [-0.05, 0) is 32.2 Å². The van der Waals surface area contributed by atoms with Gasteiger partial charge in [0.05, 0.1) is 12.6 Å². The lowest BCUT2D eigenvalue weighted by molar-refractivity contribution is -0.201. The lowest BCUT2D eigenvalue weighted by atomic mass is 9.93.